The van der Waals surface area contributed by atoms with Gasteiger partial charge in [-0.15, -0.1) is 0 Å². The van der Waals surface area contributed by atoms with Gasteiger partial charge in [-0.1, -0.05) is 91.0 Å². The molecule has 8 nitrogen and oxygen atoms in total. The zero-order valence-corrected chi connectivity index (χ0v) is 26.7. The summed E-state index contributed by atoms with van der Waals surface area (Å²) in [4.78, 5) is 0. The summed E-state index contributed by atoms with van der Waals surface area (Å²) in [5, 5.41) is 0. The highest BCUT2D eigenvalue weighted by Gasteiger charge is 2.61. The van der Waals surface area contributed by atoms with Crippen LogP contribution in [0.2, 0.25) is 0 Å². The van der Waals surface area contributed by atoms with Crippen molar-refractivity contribution in [3.8, 4) is 0 Å². The maximum absolute atomic E-state index is 13.8. The van der Waals surface area contributed by atoms with E-state index >= 15 is 0 Å². The first-order valence-corrected chi connectivity index (χ1v) is 16.8. The van der Waals surface area contributed by atoms with E-state index in [-0.39, 0.29) is 18.8 Å². The topological polar surface area (TPSA) is 81.7 Å². The van der Waals surface area contributed by atoms with Gasteiger partial charge in [-0.05, 0) is 50.5 Å². The van der Waals surface area contributed by atoms with Crippen molar-refractivity contribution >= 4 is 7.60 Å². The molecule has 0 N–H and O–H groups in total. The molecule has 2 aliphatic heterocycles. The lowest BCUT2D eigenvalue weighted by molar-refractivity contribution is -0.284. The van der Waals surface area contributed by atoms with Gasteiger partial charge in [-0.3, -0.25) is 4.57 Å². The first-order chi connectivity index (χ1) is 21.3. The maximum atomic E-state index is 13.8. The lowest BCUT2D eigenvalue weighted by atomic mass is 9.88. The van der Waals surface area contributed by atoms with E-state index in [1.807, 2.05) is 119 Å². The minimum atomic E-state index is -3.63. The van der Waals surface area contributed by atoms with Gasteiger partial charge in [0, 0.05) is 5.82 Å². The van der Waals surface area contributed by atoms with E-state index in [0.29, 0.717) is 19.8 Å². The zero-order valence-electron chi connectivity index (χ0n) is 25.8. The van der Waals surface area contributed by atoms with Crippen LogP contribution in [0.3, 0.4) is 0 Å². The molecule has 0 unspecified atom stereocenters. The van der Waals surface area contributed by atoms with E-state index in [1.165, 1.54) is 5.82 Å². The Labute approximate surface area is 260 Å². The van der Waals surface area contributed by atoms with Gasteiger partial charge < -0.3 is 32.7 Å². The van der Waals surface area contributed by atoms with E-state index in [2.05, 4.69) is 0 Å². The fourth-order valence-electron chi connectivity index (χ4n) is 5.38. The van der Waals surface area contributed by atoms with Crippen molar-refractivity contribution in [3.63, 3.8) is 0 Å². The van der Waals surface area contributed by atoms with Crippen LogP contribution in [0.1, 0.15) is 44.4 Å². The number of ether oxygens (including phenoxy) is 5. The first-order valence-electron chi connectivity index (χ1n) is 15.2. The smallest absolute Gasteiger partial charge is 0.354 e. The van der Waals surface area contributed by atoms with Crippen molar-refractivity contribution in [2.24, 2.45) is 0 Å². The molecule has 44 heavy (non-hydrogen) atoms. The molecule has 5 rings (SSSR count). The Morgan fingerprint density at radius 1 is 0.727 bits per heavy atom. The van der Waals surface area contributed by atoms with Crippen LogP contribution in [0.25, 0.3) is 0 Å². The second kappa shape index (κ2) is 15.1. The summed E-state index contributed by atoms with van der Waals surface area (Å²) >= 11 is 0. The van der Waals surface area contributed by atoms with Gasteiger partial charge in [0.05, 0.1) is 38.6 Å². The van der Waals surface area contributed by atoms with E-state index < -0.39 is 37.8 Å². The molecule has 0 amide bonds. The summed E-state index contributed by atoms with van der Waals surface area (Å²) < 4.78 is 58.1. The summed E-state index contributed by atoms with van der Waals surface area (Å²) in [6.45, 7) is 8.41. The van der Waals surface area contributed by atoms with Crippen LogP contribution in [-0.2, 0) is 57.1 Å². The van der Waals surface area contributed by atoms with Gasteiger partial charge in [0.1, 0.15) is 23.9 Å². The molecule has 2 heterocycles. The minimum Gasteiger partial charge on any atom is -0.368 e. The lowest BCUT2D eigenvalue weighted by Crippen LogP contribution is -2.62. The molecule has 5 atom stereocenters. The Morgan fingerprint density at radius 3 is 1.66 bits per heavy atom. The van der Waals surface area contributed by atoms with E-state index in [9.17, 15) is 4.57 Å². The van der Waals surface area contributed by atoms with Crippen LogP contribution < -0.4 is 0 Å². The molecule has 2 bridgehead atoms. The SMILES string of the molecule is CC(C)OP(=O)(/C=C/[C@@]12CO[C@@H](O1)[C@@H](OCc1ccccc1)[C@@H](OCc1ccccc1)[C@@H]2OCc1ccccc1)OC(C)C. The molecule has 3 aromatic rings. The highest BCUT2D eigenvalue weighted by Crippen LogP contribution is 2.54. The summed E-state index contributed by atoms with van der Waals surface area (Å²) in [5.41, 5.74) is 1.89. The minimum absolute atomic E-state index is 0.146. The summed E-state index contributed by atoms with van der Waals surface area (Å²) in [5.74, 6) is 1.48. The van der Waals surface area contributed by atoms with Crippen molar-refractivity contribution in [1.82, 2.24) is 0 Å². The van der Waals surface area contributed by atoms with Gasteiger partial charge in [0.15, 0.2) is 6.29 Å². The Hall–Kier alpha value is -2.65. The normalized spacial score (nSPS) is 25.3. The van der Waals surface area contributed by atoms with Gasteiger partial charge in [-0.25, -0.2) is 0 Å². The molecule has 0 radical (unpaired) electrons. The lowest BCUT2D eigenvalue weighted by Gasteiger charge is -2.45. The van der Waals surface area contributed by atoms with E-state index in [1.54, 1.807) is 6.08 Å². The van der Waals surface area contributed by atoms with Crippen LogP contribution in [-0.4, -0.2) is 49.0 Å². The van der Waals surface area contributed by atoms with Crippen LogP contribution in [0.15, 0.2) is 103 Å². The van der Waals surface area contributed by atoms with Gasteiger partial charge in [0.25, 0.3) is 0 Å². The number of benzene rings is 3. The monoisotopic (exact) mass is 622 g/mol. The van der Waals surface area contributed by atoms with Gasteiger partial charge in [0.2, 0.25) is 0 Å². The standard InChI is InChI=1S/C35H43O8P/c1-26(2)42-44(36,43-27(3)4)21-20-35-25-40-34(41-35)32(38-23-29-16-10-6-11-17-29)31(37-22-28-14-8-5-9-15-28)33(35)39-24-30-18-12-7-13-19-30/h5-21,26-27,31-34H,22-25H2,1-4H3/b21-20+/t31-,32+,33+,34+,35+/m1/s1. The van der Waals surface area contributed by atoms with Gasteiger partial charge in [-0.2, -0.15) is 0 Å². The maximum Gasteiger partial charge on any atom is 0.354 e. The van der Waals surface area contributed by atoms with Crippen molar-refractivity contribution in [2.45, 2.75) is 89.9 Å². The van der Waals surface area contributed by atoms with Crippen molar-refractivity contribution in [2.75, 3.05) is 6.61 Å². The third kappa shape index (κ3) is 8.53. The second-order valence-corrected chi connectivity index (χ2v) is 13.5. The largest absolute Gasteiger partial charge is 0.368 e. The molecule has 0 aliphatic carbocycles. The van der Waals surface area contributed by atoms with Crippen molar-refractivity contribution < 1.29 is 37.3 Å². The molecule has 2 aliphatic rings. The molecule has 2 saturated heterocycles. The quantitative estimate of drug-likeness (QED) is 0.162. The van der Waals surface area contributed by atoms with E-state index in [0.717, 1.165) is 16.7 Å². The first kappa shape index (κ1) is 32.7. The molecule has 2 fully saturated rings. The Kier molecular flexibility index (Phi) is 11.2. The van der Waals surface area contributed by atoms with E-state index in [4.69, 9.17) is 32.7 Å². The van der Waals surface area contributed by atoms with Crippen molar-refractivity contribution in [3.05, 3.63) is 120 Å². The van der Waals surface area contributed by atoms with Crippen molar-refractivity contribution in [1.29, 1.82) is 0 Å². The highest BCUT2D eigenvalue weighted by molar-refractivity contribution is 7.57. The second-order valence-electron chi connectivity index (χ2n) is 11.7. The number of hydrogen-bond acceptors (Lipinski definition) is 8. The predicted molar refractivity (Wildman–Crippen MR) is 168 cm³/mol. The van der Waals surface area contributed by atoms with Crippen LogP contribution >= 0.6 is 7.60 Å². The van der Waals surface area contributed by atoms with Crippen LogP contribution in [0.4, 0.5) is 0 Å². The summed E-state index contributed by atoms with van der Waals surface area (Å²) in [6, 6.07) is 29.8. The fourth-order valence-corrected chi connectivity index (χ4v) is 7.18. The molecule has 0 spiro atoms. The van der Waals surface area contributed by atoms with Gasteiger partial charge >= 0.3 is 7.60 Å². The summed E-state index contributed by atoms with van der Waals surface area (Å²) in [6.07, 6.45) is -1.53. The van der Waals surface area contributed by atoms with Crippen LogP contribution in [0, 0.1) is 0 Å². The number of hydrogen-bond donors (Lipinski definition) is 0. The molecule has 236 valence electrons. The Bertz CT molecular complexity index is 1350. The molecular formula is C35H43O8P. The third-order valence-electron chi connectivity index (χ3n) is 7.28. The zero-order chi connectivity index (χ0) is 31.0. The predicted octanol–water partition coefficient (Wildman–Crippen LogP) is 7.42. The molecule has 9 heteroatoms. The molecular weight excluding hydrogens is 579 g/mol. The molecule has 3 aromatic carbocycles. The number of rotatable bonds is 15. The molecule has 0 aromatic heterocycles. The highest BCUT2D eigenvalue weighted by atomic mass is 31.2. The molecule has 0 saturated carbocycles. The van der Waals surface area contributed by atoms with Crippen LogP contribution in [0.5, 0.6) is 0 Å². The summed E-state index contributed by atoms with van der Waals surface area (Å²) in [7, 11) is -3.63. The average molecular weight is 623 g/mol. The third-order valence-corrected chi connectivity index (χ3v) is 9.22. The Balaban J connectivity index is 1.49. The number of fused-ring (bicyclic) bond motifs is 2. The fraction of sp³-hybridized carbons (Fsp3) is 0.429. The Morgan fingerprint density at radius 2 is 1.18 bits per heavy atom. The average Bonchev–Trinajstić information content (AvgIpc) is 3.40.